The first kappa shape index (κ1) is 18.1. The smallest absolute Gasteiger partial charge is 0.166 e. The van der Waals surface area contributed by atoms with Crippen molar-refractivity contribution in [3.05, 3.63) is 0 Å². The lowest BCUT2D eigenvalue weighted by molar-refractivity contribution is -0.245. The average molecular weight is 348 g/mol. The van der Waals surface area contributed by atoms with Gasteiger partial charge >= 0.3 is 0 Å². The normalized spacial score (nSPS) is 32.4. The van der Waals surface area contributed by atoms with Crippen molar-refractivity contribution in [3.8, 4) is 0 Å². The zero-order chi connectivity index (χ0) is 16.5. The molecule has 0 atom stereocenters. The zero-order valence-electron chi connectivity index (χ0n) is 14.0. The third kappa shape index (κ3) is 4.40. The van der Waals surface area contributed by atoms with E-state index in [0.29, 0.717) is 11.2 Å². The molecule has 7 heteroatoms. The highest BCUT2D eigenvalue weighted by Crippen LogP contribution is 2.36. The van der Waals surface area contributed by atoms with E-state index in [1.54, 1.807) is 0 Å². The molecule has 0 aromatic rings. The van der Waals surface area contributed by atoms with Gasteiger partial charge in [-0.25, -0.2) is 0 Å². The van der Waals surface area contributed by atoms with E-state index in [9.17, 15) is 9.42 Å². The van der Waals surface area contributed by atoms with Gasteiger partial charge in [0.25, 0.3) is 0 Å². The van der Waals surface area contributed by atoms with Crippen molar-refractivity contribution in [2.24, 2.45) is 0 Å². The van der Waals surface area contributed by atoms with Gasteiger partial charge in [0.15, 0.2) is 5.11 Å². The van der Waals surface area contributed by atoms with E-state index in [2.05, 4.69) is 38.3 Å². The molecule has 0 spiro atoms. The van der Waals surface area contributed by atoms with E-state index < -0.39 is 10.8 Å². The van der Waals surface area contributed by atoms with Crippen LogP contribution in [0.15, 0.2) is 0 Å². The van der Waals surface area contributed by atoms with Crippen LogP contribution in [0.4, 0.5) is 0 Å². The number of rotatable bonds is 2. The molecule has 2 aliphatic rings. The summed E-state index contributed by atoms with van der Waals surface area (Å²) in [6.07, 6.45) is 3.51. The van der Waals surface area contributed by atoms with Gasteiger partial charge in [0, 0.05) is 45.5 Å². The molecule has 0 aromatic carbocycles. The van der Waals surface area contributed by atoms with Gasteiger partial charge in [0.2, 0.25) is 0 Å². The van der Waals surface area contributed by atoms with Crippen LogP contribution in [0.2, 0.25) is 0 Å². The van der Waals surface area contributed by atoms with Crippen molar-refractivity contribution in [1.82, 2.24) is 15.7 Å². The van der Waals surface area contributed by atoms with Crippen LogP contribution in [0, 0.1) is 0 Å². The Kier molecular flexibility index (Phi) is 5.52. The lowest BCUT2D eigenvalue weighted by atomic mass is 9.79. The van der Waals surface area contributed by atoms with Crippen molar-refractivity contribution in [2.45, 2.75) is 76.5 Å². The van der Waals surface area contributed by atoms with E-state index in [-0.39, 0.29) is 17.1 Å². The Balaban J connectivity index is 1.87. The molecule has 0 saturated carbocycles. The summed E-state index contributed by atoms with van der Waals surface area (Å²) in [5.41, 5.74) is -0.562. The van der Waals surface area contributed by atoms with Crippen LogP contribution >= 0.6 is 12.2 Å². The Morgan fingerprint density at radius 3 is 2.05 bits per heavy atom. The lowest BCUT2D eigenvalue weighted by Crippen LogP contribution is -2.63. The van der Waals surface area contributed by atoms with Gasteiger partial charge in [-0.2, -0.15) is 5.06 Å². The molecule has 22 heavy (non-hydrogen) atoms. The number of nitrogens with zero attached hydrogens (tertiary/aromatic N) is 1. The average Bonchev–Trinajstić information content (AvgIpc) is 2.38. The Morgan fingerprint density at radius 2 is 1.55 bits per heavy atom. The molecule has 128 valence electrons. The van der Waals surface area contributed by atoms with E-state index in [0.717, 1.165) is 37.2 Å². The minimum atomic E-state index is -0.644. The highest BCUT2D eigenvalue weighted by molar-refractivity contribution is 7.85. The van der Waals surface area contributed by atoms with Crippen LogP contribution in [0.1, 0.15) is 53.4 Å². The monoisotopic (exact) mass is 347 g/mol. The van der Waals surface area contributed by atoms with Gasteiger partial charge in [-0.3, -0.25) is 4.21 Å². The first-order valence-electron chi connectivity index (χ1n) is 8.01. The van der Waals surface area contributed by atoms with E-state index >= 15 is 0 Å². The fourth-order valence-electron chi connectivity index (χ4n) is 3.72. The van der Waals surface area contributed by atoms with Crippen LogP contribution in [0.3, 0.4) is 0 Å². The van der Waals surface area contributed by atoms with Crippen LogP contribution in [-0.2, 0) is 10.8 Å². The summed E-state index contributed by atoms with van der Waals surface area (Å²) >= 11 is 5.45. The predicted octanol–water partition coefficient (Wildman–Crippen LogP) is 1.77. The summed E-state index contributed by atoms with van der Waals surface area (Å²) < 4.78 is 11.4. The fraction of sp³-hybridized carbons (Fsp3) is 0.933. The Hall–Kier alpha value is -0.240. The summed E-state index contributed by atoms with van der Waals surface area (Å²) in [5.74, 6) is 1.53. The molecule has 0 radical (unpaired) electrons. The second-order valence-corrected chi connectivity index (χ2v) is 9.89. The van der Waals surface area contributed by atoms with Crippen molar-refractivity contribution in [2.75, 3.05) is 11.5 Å². The third-order valence-electron chi connectivity index (χ3n) is 4.70. The minimum absolute atomic E-state index is 0.242. The van der Waals surface area contributed by atoms with E-state index in [1.807, 2.05) is 0 Å². The minimum Gasteiger partial charge on any atom is -0.360 e. The van der Waals surface area contributed by atoms with E-state index in [1.165, 1.54) is 5.06 Å². The highest BCUT2D eigenvalue weighted by atomic mass is 32.2. The highest BCUT2D eigenvalue weighted by Gasteiger charge is 2.45. The maximum absolute atomic E-state index is 11.4. The molecule has 5 nitrogen and oxygen atoms in total. The standard InChI is InChI=1S/C15H29N3O2S2/c1-14(2)9-12(10-15(3,4)18(14)19)17-13(21)16-11-5-7-22(20)8-6-11/h11-12,19H,5-10H2,1-4H3,(H2,16,17,21). The molecule has 0 aliphatic carbocycles. The van der Waals surface area contributed by atoms with Crippen LogP contribution in [-0.4, -0.2) is 54.3 Å². The second kappa shape index (κ2) is 6.71. The van der Waals surface area contributed by atoms with Crippen molar-refractivity contribution >= 4 is 28.1 Å². The Labute approximate surface area is 141 Å². The largest absolute Gasteiger partial charge is 0.360 e. The van der Waals surface area contributed by atoms with Crippen LogP contribution in [0.25, 0.3) is 0 Å². The first-order chi connectivity index (χ1) is 10.1. The summed E-state index contributed by atoms with van der Waals surface area (Å²) in [6.45, 7) is 8.20. The van der Waals surface area contributed by atoms with E-state index in [4.69, 9.17) is 12.2 Å². The van der Waals surface area contributed by atoms with Gasteiger partial charge in [0.1, 0.15) is 0 Å². The number of hydrogen-bond acceptors (Lipinski definition) is 4. The zero-order valence-corrected chi connectivity index (χ0v) is 15.6. The molecule has 2 aliphatic heterocycles. The topological polar surface area (TPSA) is 64.6 Å². The number of piperidine rings is 1. The second-order valence-electron chi connectivity index (χ2n) is 7.78. The maximum atomic E-state index is 11.4. The van der Waals surface area contributed by atoms with Gasteiger partial charge in [-0.05, 0) is 65.6 Å². The quantitative estimate of drug-likeness (QED) is 0.662. The van der Waals surface area contributed by atoms with Gasteiger partial charge in [-0.15, -0.1) is 0 Å². The van der Waals surface area contributed by atoms with Gasteiger partial charge in [-0.1, -0.05) is 0 Å². The molecule has 2 fully saturated rings. The predicted molar refractivity (Wildman–Crippen MR) is 94.6 cm³/mol. The molecule has 2 saturated heterocycles. The van der Waals surface area contributed by atoms with Gasteiger partial charge in [0.05, 0.1) is 0 Å². The Morgan fingerprint density at radius 1 is 1.09 bits per heavy atom. The number of hydrogen-bond donors (Lipinski definition) is 3. The molecule has 0 aromatic heterocycles. The summed E-state index contributed by atoms with van der Waals surface area (Å²) in [7, 11) is -0.644. The summed E-state index contributed by atoms with van der Waals surface area (Å²) in [5, 5.41) is 19.3. The molecule has 2 heterocycles. The van der Waals surface area contributed by atoms with Crippen LogP contribution < -0.4 is 10.6 Å². The van der Waals surface area contributed by atoms with Crippen molar-refractivity contribution in [3.63, 3.8) is 0 Å². The number of nitrogens with one attached hydrogen (secondary N) is 2. The summed E-state index contributed by atoms with van der Waals surface area (Å²) in [4.78, 5) is 0. The molecule has 0 amide bonds. The molecule has 3 N–H and O–H groups in total. The molecule has 0 bridgehead atoms. The van der Waals surface area contributed by atoms with Crippen molar-refractivity contribution in [1.29, 1.82) is 0 Å². The Bertz CT molecular complexity index is 426. The SMILES string of the molecule is CC1(C)CC(NC(=S)NC2CCS(=O)CC2)CC(C)(C)N1O. The summed E-state index contributed by atoms with van der Waals surface area (Å²) in [6, 6.07) is 0.572. The van der Waals surface area contributed by atoms with Gasteiger partial charge < -0.3 is 15.8 Å². The number of thiocarbonyl (C=S) groups is 1. The molecule has 0 unspecified atom stereocenters. The lowest BCUT2D eigenvalue weighted by Gasteiger charge is -2.51. The molecule has 2 rings (SSSR count). The molecular formula is C15H29N3O2S2. The maximum Gasteiger partial charge on any atom is 0.166 e. The van der Waals surface area contributed by atoms with Crippen LogP contribution in [0.5, 0.6) is 0 Å². The van der Waals surface area contributed by atoms with Crippen molar-refractivity contribution < 1.29 is 9.42 Å². The number of hydroxylamine groups is 2. The molecular weight excluding hydrogens is 318 g/mol. The third-order valence-corrected chi connectivity index (χ3v) is 6.31. The first-order valence-corrected chi connectivity index (χ1v) is 9.91. The fourth-order valence-corrected chi connectivity index (χ4v) is 5.36.